The fourth-order valence-corrected chi connectivity index (χ4v) is 3.27. The highest BCUT2D eigenvalue weighted by Gasteiger charge is 2.13. The van der Waals surface area contributed by atoms with Gasteiger partial charge >= 0.3 is 0 Å². The summed E-state index contributed by atoms with van der Waals surface area (Å²) in [5, 5.41) is 11.6. The molecule has 3 aromatic carbocycles. The molecule has 0 atom stereocenters. The standard InChI is InChI=1S/C23H22N4/c1-16-11-13-20(14-12-16)25-24-15-22-17(2)26-27(18(22)3)23-10-6-8-19-7-4-5-9-21(19)23/h4-15,25H,1-3H3/b24-15+. The first-order valence-electron chi connectivity index (χ1n) is 9.03. The van der Waals surface area contributed by atoms with Crippen molar-refractivity contribution < 1.29 is 0 Å². The van der Waals surface area contributed by atoms with Crippen LogP contribution in [-0.2, 0) is 0 Å². The molecule has 1 heterocycles. The molecule has 0 fully saturated rings. The second kappa shape index (κ2) is 7.08. The van der Waals surface area contributed by atoms with Crippen molar-refractivity contribution in [3.63, 3.8) is 0 Å². The molecule has 0 spiro atoms. The number of anilines is 1. The van der Waals surface area contributed by atoms with E-state index >= 15 is 0 Å². The first kappa shape index (κ1) is 17.0. The van der Waals surface area contributed by atoms with E-state index in [4.69, 9.17) is 5.10 Å². The molecule has 0 amide bonds. The Labute approximate surface area is 159 Å². The predicted molar refractivity (Wildman–Crippen MR) is 113 cm³/mol. The molecule has 0 saturated heterocycles. The number of aryl methyl sites for hydroxylation is 2. The van der Waals surface area contributed by atoms with E-state index in [9.17, 15) is 0 Å². The predicted octanol–water partition coefficient (Wildman–Crippen LogP) is 5.40. The zero-order chi connectivity index (χ0) is 18.8. The number of hydrogen-bond donors (Lipinski definition) is 1. The van der Waals surface area contributed by atoms with Crippen LogP contribution in [0.3, 0.4) is 0 Å². The van der Waals surface area contributed by atoms with Crippen LogP contribution in [0.2, 0.25) is 0 Å². The van der Waals surface area contributed by atoms with Crippen LogP contribution < -0.4 is 5.43 Å². The lowest BCUT2D eigenvalue weighted by Crippen LogP contribution is -2.00. The van der Waals surface area contributed by atoms with E-state index in [1.54, 1.807) is 0 Å². The molecule has 1 aromatic heterocycles. The maximum Gasteiger partial charge on any atom is 0.0727 e. The molecule has 4 rings (SSSR count). The Hall–Kier alpha value is -3.40. The molecule has 0 saturated carbocycles. The van der Waals surface area contributed by atoms with E-state index in [0.29, 0.717) is 0 Å². The molecule has 134 valence electrons. The molecule has 27 heavy (non-hydrogen) atoms. The first-order valence-corrected chi connectivity index (χ1v) is 9.03. The third kappa shape index (κ3) is 3.34. The molecule has 0 aliphatic carbocycles. The number of hydrazone groups is 1. The van der Waals surface area contributed by atoms with Crippen LogP contribution in [0.25, 0.3) is 16.5 Å². The Morgan fingerprint density at radius 1 is 0.889 bits per heavy atom. The topological polar surface area (TPSA) is 42.2 Å². The van der Waals surface area contributed by atoms with Crippen LogP contribution in [-0.4, -0.2) is 16.0 Å². The summed E-state index contributed by atoms with van der Waals surface area (Å²) < 4.78 is 2.00. The number of nitrogens with one attached hydrogen (secondary N) is 1. The summed E-state index contributed by atoms with van der Waals surface area (Å²) in [6, 6.07) is 22.8. The Morgan fingerprint density at radius 3 is 2.44 bits per heavy atom. The molecule has 0 aliphatic rings. The second-order valence-electron chi connectivity index (χ2n) is 6.73. The normalized spacial score (nSPS) is 11.4. The fraction of sp³-hybridized carbons (Fsp3) is 0.130. The van der Waals surface area contributed by atoms with Gasteiger partial charge in [-0.25, -0.2) is 4.68 Å². The van der Waals surface area contributed by atoms with E-state index in [0.717, 1.165) is 28.3 Å². The fourth-order valence-electron chi connectivity index (χ4n) is 3.27. The SMILES string of the molecule is Cc1ccc(N/N=C/c2c(C)nn(-c3cccc4ccccc34)c2C)cc1. The number of rotatable bonds is 4. The maximum atomic E-state index is 4.77. The zero-order valence-corrected chi connectivity index (χ0v) is 15.8. The highest BCUT2D eigenvalue weighted by Crippen LogP contribution is 2.24. The van der Waals surface area contributed by atoms with Crippen molar-refractivity contribution in [1.29, 1.82) is 0 Å². The van der Waals surface area contributed by atoms with Gasteiger partial charge in [0.05, 0.1) is 29.0 Å². The third-order valence-corrected chi connectivity index (χ3v) is 4.78. The average Bonchev–Trinajstić information content (AvgIpc) is 2.97. The minimum Gasteiger partial charge on any atom is -0.279 e. The van der Waals surface area contributed by atoms with Crippen molar-refractivity contribution in [2.45, 2.75) is 20.8 Å². The van der Waals surface area contributed by atoms with E-state index in [-0.39, 0.29) is 0 Å². The molecule has 0 bridgehead atoms. The lowest BCUT2D eigenvalue weighted by molar-refractivity contribution is 0.839. The smallest absolute Gasteiger partial charge is 0.0727 e. The number of aromatic nitrogens is 2. The summed E-state index contributed by atoms with van der Waals surface area (Å²) in [5.74, 6) is 0. The van der Waals surface area contributed by atoms with Crippen LogP contribution in [0.15, 0.2) is 71.8 Å². The summed E-state index contributed by atoms with van der Waals surface area (Å²) >= 11 is 0. The summed E-state index contributed by atoms with van der Waals surface area (Å²) in [5.41, 5.74) is 9.42. The van der Waals surface area contributed by atoms with Crippen molar-refractivity contribution in [2.75, 3.05) is 5.43 Å². The molecule has 1 N–H and O–H groups in total. The molecule has 4 heteroatoms. The Balaban J connectivity index is 1.67. The first-order chi connectivity index (χ1) is 13.1. The van der Waals surface area contributed by atoms with Crippen LogP contribution in [0.4, 0.5) is 5.69 Å². The van der Waals surface area contributed by atoms with Crippen molar-refractivity contribution in [3.8, 4) is 5.69 Å². The number of nitrogens with zero attached hydrogens (tertiary/aromatic N) is 3. The van der Waals surface area contributed by atoms with Crippen LogP contribution >= 0.6 is 0 Å². The molecule has 4 nitrogen and oxygen atoms in total. The minimum absolute atomic E-state index is 0.954. The minimum atomic E-state index is 0.954. The van der Waals surface area contributed by atoms with Gasteiger partial charge in [0.1, 0.15) is 0 Å². The number of hydrogen-bond acceptors (Lipinski definition) is 3. The molecule has 4 aromatic rings. The maximum absolute atomic E-state index is 4.77. The third-order valence-electron chi connectivity index (χ3n) is 4.78. The van der Waals surface area contributed by atoms with Gasteiger partial charge in [-0.15, -0.1) is 0 Å². The summed E-state index contributed by atoms with van der Waals surface area (Å²) in [6.07, 6.45) is 1.85. The van der Waals surface area contributed by atoms with Crippen molar-refractivity contribution in [1.82, 2.24) is 9.78 Å². The Kier molecular flexibility index (Phi) is 4.47. The largest absolute Gasteiger partial charge is 0.279 e. The van der Waals surface area contributed by atoms with Gasteiger partial charge < -0.3 is 0 Å². The van der Waals surface area contributed by atoms with Crippen molar-refractivity contribution in [3.05, 3.63) is 89.2 Å². The monoisotopic (exact) mass is 354 g/mol. The summed E-state index contributed by atoms with van der Waals surface area (Å²) in [4.78, 5) is 0. The molecule has 0 aliphatic heterocycles. The van der Waals surface area contributed by atoms with Gasteiger partial charge in [0.2, 0.25) is 0 Å². The van der Waals surface area contributed by atoms with Crippen LogP contribution in [0.1, 0.15) is 22.5 Å². The van der Waals surface area contributed by atoms with Gasteiger partial charge in [-0.3, -0.25) is 5.43 Å². The Bertz CT molecular complexity index is 1120. The Morgan fingerprint density at radius 2 is 1.63 bits per heavy atom. The second-order valence-corrected chi connectivity index (χ2v) is 6.73. The molecule has 0 unspecified atom stereocenters. The van der Waals surface area contributed by atoms with Gasteiger partial charge in [0.15, 0.2) is 0 Å². The van der Waals surface area contributed by atoms with Crippen molar-refractivity contribution in [2.24, 2.45) is 5.10 Å². The number of fused-ring (bicyclic) bond motifs is 1. The van der Waals surface area contributed by atoms with Crippen molar-refractivity contribution >= 4 is 22.7 Å². The zero-order valence-electron chi connectivity index (χ0n) is 15.8. The van der Waals surface area contributed by atoms with E-state index in [1.165, 1.54) is 16.3 Å². The lowest BCUT2D eigenvalue weighted by atomic mass is 10.1. The summed E-state index contributed by atoms with van der Waals surface area (Å²) in [6.45, 7) is 6.16. The van der Waals surface area contributed by atoms with E-state index in [1.807, 2.05) is 30.0 Å². The van der Waals surface area contributed by atoms with Gasteiger partial charge in [0, 0.05) is 10.9 Å². The van der Waals surface area contributed by atoms with Gasteiger partial charge in [-0.1, -0.05) is 54.1 Å². The van der Waals surface area contributed by atoms with Gasteiger partial charge in [0.25, 0.3) is 0 Å². The molecule has 0 radical (unpaired) electrons. The van der Waals surface area contributed by atoms with Gasteiger partial charge in [-0.05, 0) is 44.4 Å². The van der Waals surface area contributed by atoms with E-state index in [2.05, 4.69) is 79.0 Å². The molecular weight excluding hydrogens is 332 g/mol. The van der Waals surface area contributed by atoms with Crippen LogP contribution in [0.5, 0.6) is 0 Å². The van der Waals surface area contributed by atoms with Gasteiger partial charge in [-0.2, -0.15) is 10.2 Å². The van der Waals surface area contributed by atoms with E-state index < -0.39 is 0 Å². The highest BCUT2D eigenvalue weighted by atomic mass is 15.3. The lowest BCUT2D eigenvalue weighted by Gasteiger charge is -2.08. The molecular formula is C23H22N4. The highest BCUT2D eigenvalue weighted by molar-refractivity contribution is 5.91. The summed E-state index contributed by atoms with van der Waals surface area (Å²) in [7, 11) is 0. The van der Waals surface area contributed by atoms with Crippen LogP contribution in [0, 0.1) is 20.8 Å². The quantitative estimate of drug-likeness (QED) is 0.394. The number of benzene rings is 3. The average molecular weight is 354 g/mol.